The summed E-state index contributed by atoms with van der Waals surface area (Å²) in [7, 11) is 0. The van der Waals surface area contributed by atoms with Crippen LogP contribution >= 0.6 is 57.2 Å². The first-order valence-corrected chi connectivity index (χ1v) is 11.1. The van der Waals surface area contributed by atoms with Crippen molar-refractivity contribution >= 4 is 104 Å². The van der Waals surface area contributed by atoms with Crippen molar-refractivity contribution in [2.24, 2.45) is 21.5 Å². The molecule has 16 nitrogen and oxygen atoms in total. The Morgan fingerprint density at radius 2 is 1.24 bits per heavy atom. The van der Waals surface area contributed by atoms with Gasteiger partial charge in [-0.05, 0) is 26.2 Å². The van der Waals surface area contributed by atoms with E-state index < -0.39 is 11.8 Å². The van der Waals surface area contributed by atoms with Gasteiger partial charge in [-0.25, -0.2) is 19.9 Å². The SMILES string of the molecule is Br.Br.CC(CCCCNC(N)=NC(=O)c1nc(Cl)c(N)nc1N)NC(N)=NC(=O)c1nc(Cl)c(N)nc1N. The molecule has 2 aromatic rings. The van der Waals surface area contributed by atoms with Crippen molar-refractivity contribution in [3.8, 4) is 0 Å². The standard InChI is InChI=1S/C18H26Cl2N14O2.2BrH/c1-6(28-18(26)34-16(36)8-12(22)32-14(24)10(20)30-8)4-2-3-5-27-17(25)33-15(35)7-11(21)31-13(23)9(19)29-7;;/h6H,2-5H2,1H3,(H4,21,23,31)(H4,22,24,32)(H3,25,27,33,35)(H3,26,28,34,36);2*1H. The molecule has 0 aliphatic heterocycles. The summed E-state index contributed by atoms with van der Waals surface area (Å²) in [6.45, 7) is 2.28. The van der Waals surface area contributed by atoms with Gasteiger partial charge in [-0.15, -0.1) is 34.0 Å². The summed E-state index contributed by atoms with van der Waals surface area (Å²) in [5.74, 6) is -2.51. The molecule has 0 fully saturated rings. The van der Waals surface area contributed by atoms with E-state index in [0.717, 1.165) is 6.42 Å². The molecule has 0 saturated carbocycles. The summed E-state index contributed by atoms with van der Waals surface area (Å²) >= 11 is 11.5. The number of aliphatic imine (C=N–C) groups is 2. The molecule has 0 saturated heterocycles. The number of hydrogen-bond acceptors (Lipinski definition) is 10. The molecular weight excluding hydrogens is 675 g/mol. The number of nitrogens with one attached hydrogen (secondary N) is 2. The number of halogens is 4. The van der Waals surface area contributed by atoms with Gasteiger partial charge in [-0.1, -0.05) is 23.2 Å². The molecule has 0 aliphatic carbocycles. The number of rotatable bonds is 8. The number of anilines is 4. The van der Waals surface area contributed by atoms with E-state index in [1.807, 2.05) is 6.92 Å². The van der Waals surface area contributed by atoms with Crippen molar-refractivity contribution in [3.63, 3.8) is 0 Å². The number of amides is 2. The summed E-state index contributed by atoms with van der Waals surface area (Å²) in [4.78, 5) is 46.8. The monoisotopic (exact) mass is 700 g/mol. The zero-order valence-electron chi connectivity index (χ0n) is 19.9. The van der Waals surface area contributed by atoms with Crippen LogP contribution in [0.15, 0.2) is 9.98 Å². The van der Waals surface area contributed by atoms with Crippen molar-refractivity contribution in [2.45, 2.75) is 32.2 Å². The molecule has 0 radical (unpaired) electrons. The average molecular weight is 703 g/mol. The molecule has 20 heteroatoms. The molecule has 1 unspecified atom stereocenters. The minimum atomic E-state index is -0.818. The first kappa shape index (κ1) is 34.8. The highest BCUT2D eigenvalue weighted by Crippen LogP contribution is 2.18. The first-order valence-electron chi connectivity index (χ1n) is 10.3. The number of guanidine groups is 2. The number of carbonyl (C=O) groups is 2. The second-order valence-corrected chi connectivity index (χ2v) is 8.06. The van der Waals surface area contributed by atoms with Crippen LogP contribution in [0.4, 0.5) is 23.3 Å². The van der Waals surface area contributed by atoms with Gasteiger partial charge in [0.1, 0.15) is 0 Å². The van der Waals surface area contributed by atoms with Crippen molar-refractivity contribution < 1.29 is 9.59 Å². The zero-order valence-corrected chi connectivity index (χ0v) is 24.9. The topological polar surface area (TPSA) is 291 Å². The highest BCUT2D eigenvalue weighted by atomic mass is 79.9. The second-order valence-electron chi connectivity index (χ2n) is 7.34. The third-order valence-electron chi connectivity index (χ3n) is 4.42. The largest absolute Gasteiger partial charge is 0.382 e. The highest BCUT2D eigenvalue weighted by molar-refractivity contribution is 8.93. The maximum absolute atomic E-state index is 12.2. The Morgan fingerprint density at radius 3 is 1.71 bits per heavy atom. The Labute approximate surface area is 248 Å². The van der Waals surface area contributed by atoms with Gasteiger partial charge in [0.15, 0.2) is 56.9 Å². The maximum Gasteiger partial charge on any atom is 0.302 e. The molecule has 210 valence electrons. The Bertz CT molecular complexity index is 1210. The molecule has 38 heavy (non-hydrogen) atoms. The average Bonchev–Trinajstić information content (AvgIpc) is 2.78. The van der Waals surface area contributed by atoms with Gasteiger partial charge in [0.25, 0.3) is 0 Å². The summed E-state index contributed by atoms with van der Waals surface area (Å²) in [5.41, 5.74) is 33.2. The van der Waals surface area contributed by atoms with Crippen LogP contribution in [0.1, 0.15) is 47.2 Å². The molecule has 1 atom stereocenters. The predicted octanol–water partition coefficient (Wildman–Crippen LogP) is 0.406. The summed E-state index contributed by atoms with van der Waals surface area (Å²) in [5, 5.41) is 5.35. The second kappa shape index (κ2) is 15.9. The Morgan fingerprint density at radius 1 is 0.789 bits per heavy atom. The first-order chi connectivity index (χ1) is 16.9. The van der Waals surface area contributed by atoms with Gasteiger partial charge >= 0.3 is 11.8 Å². The molecule has 14 N–H and O–H groups in total. The van der Waals surface area contributed by atoms with Crippen LogP contribution in [-0.4, -0.2) is 56.3 Å². The summed E-state index contributed by atoms with van der Waals surface area (Å²) < 4.78 is 0. The van der Waals surface area contributed by atoms with Gasteiger partial charge < -0.3 is 45.0 Å². The lowest BCUT2D eigenvalue weighted by Crippen LogP contribution is -2.39. The minimum Gasteiger partial charge on any atom is -0.382 e. The van der Waals surface area contributed by atoms with Crippen LogP contribution < -0.4 is 45.0 Å². The molecular formula is C18H28Br2Cl2N14O2. The van der Waals surface area contributed by atoms with E-state index in [4.69, 9.17) is 57.6 Å². The van der Waals surface area contributed by atoms with E-state index in [0.29, 0.717) is 19.4 Å². The van der Waals surface area contributed by atoms with Gasteiger partial charge in [0.2, 0.25) is 0 Å². The maximum atomic E-state index is 12.2. The number of hydrogen-bond donors (Lipinski definition) is 8. The van der Waals surface area contributed by atoms with Crippen molar-refractivity contribution in [1.29, 1.82) is 0 Å². The fraction of sp³-hybridized carbons (Fsp3) is 0.333. The summed E-state index contributed by atoms with van der Waals surface area (Å²) in [6, 6.07) is -0.121. The molecule has 0 aromatic carbocycles. The number of carbonyl (C=O) groups excluding carboxylic acids is 2. The molecule has 0 aliphatic rings. The van der Waals surface area contributed by atoms with Gasteiger partial charge in [-0.3, -0.25) is 9.59 Å². The molecule has 0 spiro atoms. The van der Waals surface area contributed by atoms with Crippen LogP contribution in [0.25, 0.3) is 0 Å². The van der Waals surface area contributed by atoms with Crippen molar-refractivity contribution in [3.05, 3.63) is 21.7 Å². The number of aromatic nitrogens is 4. The summed E-state index contributed by atoms with van der Waals surface area (Å²) in [6.07, 6.45) is 2.09. The van der Waals surface area contributed by atoms with E-state index in [1.165, 1.54) is 0 Å². The lowest BCUT2D eigenvalue weighted by molar-refractivity contribution is 0.0990. The number of nitrogens with two attached hydrogens (primary N) is 6. The van der Waals surface area contributed by atoms with Crippen LogP contribution in [-0.2, 0) is 0 Å². The van der Waals surface area contributed by atoms with Gasteiger partial charge in [0, 0.05) is 12.6 Å². The van der Waals surface area contributed by atoms with Gasteiger partial charge in [0.05, 0.1) is 0 Å². The van der Waals surface area contributed by atoms with E-state index >= 15 is 0 Å². The molecule has 0 bridgehead atoms. The minimum absolute atomic E-state index is 0. The van der Waals surface area contributed by atoms with E-state index in [-0.39, 0.29) is 96.9 Å². The third kappa shape index (κ3) is 10.3. The normalized spacial score (nSPS) is 12.1. The zero-order chi connectivity index (χ0) is 27.0. The third-order valence-corrected chi connectivity index (χ3v) is 4.98. The number of nitrogens with zero attached hydrogens (tertiary/aromatic N) is 6. The van der Waals surface area contributed by atoms with E-state index in [2.05, 4.69) is 40.6 Å². The predicted molar refractivity (Wildman–Crippen MR) is 159 cm³/mol. The molecule has 2 aromatic heterocycles. The number of unbranched alkanes of at least 4 members (excludes halogenated alkanes) is 1. The van der Waals surface area contributed by atoms with Crippen molar-refractivity contribution in [1.82, 2.24) is 30.6 Å². The highest BCUT2D eigenvalue weighted by Gasteiger charge is 2.17. The quantitative estimate of drug-likeness (QED) is 0.105. The lowest BCUT2D eigenvalue weighted by Gasteiger charge is -2.14. The smallest absolute Gasteiger partial charge is 0.302 e. The fourth-order valence-electron chi connectivity index (χ4n) is 2.71. The van der Waals surface area contributed by atoms with Crippen LogP contribution in [0, 0.1) is 0 Å². The van der Waals surface area contributed by atoms with Crippen LogP contribution in [0.5, 0.6) is 0 Å². The Balaban J connectivity index is 0.00000684. The molecule has 2 rings (SSSR count). The van der Waals surface area contributed by atoms with Crippen molar-refractivity contribution in [2.75, 3.05) is 29.5 Å². The van der Waals surface area contributed by atoms with E-state index in [1.54, 1.807) is 0 Å². The molecule has 2 heterocycles. The Hall–Kier alpha value is -3.22. The van der Waals surface area contributed by atoms with Crippen LogP contribution in [0.3, 0.4) is 0 Å². The molecule has 2 amide bonds. The Kier molecular flexibility index (Phi) is 14.6. The van der Waals surface area contributed by atoms with Crippen LogP contribution in [0.2, 0.25) is 10.3 Å². The van der Waals surface area contributed by atoms with Gasteiger partial charge in [-0.2, -0.15) is 9.98 Å². The van der Waals surface area contributed by atoms with E-state index in [9.17, 15) is 9.59 Å². The fourth-order valence-corrected chi connectivity index (χ4v) is 2.96. The lowest BCUT2D eigenvalue weighted by atomic mass is 10.1. The number of nitrogen functional groups attached to an aromatic ring is 4.